The van der Waals surface area contributed by atoms with E-state index in [1.54, 1.807) is 30.3 Å². The number of nitrogens with two attached hydrogens (primary N) is 1. The van der Waals surface area contributed by atoms with Gasteiger partial charge in [0.2, 0.25) is 0 Å². The zero-order valence-electron chi connectivity index (χ0n) is 66.3. The van der Waals surface area contributed by atoms with Gasteiger partial charge >= 0.3 is 0 Å². The lowest BCUT2D eigenvalue weighted by molar-refractivity contribution is -0.395. The number of nitrogen functional groups attached to an aromatic ring is 1. The zero-order valence-corrected chi connectivity index (χ0v) is 72.6. The minimum Gasteiger partial charge on any atom is -0.506 e. The van der Waals surface area contributed by atoms with E-state index >= 15 is 0 Å². The largest absolute Gasteiger partial charge is 0.506 e. The van der Waals surface area contributed by atoms with Crippen LogP contribution in [-0.2, 0) is 19.3 Å². The molecule has 0 fully saturated rings. The molecule has 126 heavy (non-hydrogen) atoms. The molecule has 23 heteroatoms. The lowest BCUT2D eigenvalue weighted by atomic mass is 9.85. The Kier molecular flexibility index (Phi) is 22.1. The molecule has 0 atom stereocenters. The first-order chi connectivity index (χ1) is 61.5. The first-order valence-electron chi connectivity index (χ1n) is 39.9. The molecule has 4 aliphatic rings. The smallest absolute Gasteiger partial charge is 0.279 e. The van der Waals surface area contributed by atoms with Crippen LogP contribution in [0.4, 0.5) is 22.7 Å². The van der Waals surface area contributed by atoms with Crippen LogP contribution in [0, 0.1) is 30.3 Å². The number of nitro groups is 3. The number of hydrogen-bond donors (Lipinski definition) is 2. The minimum atomic E-state index is -0.669. The van der Waals surface area contributed by atoms with Crippen molar-refractivity contribution in [2.75, 3.05) is 5.73 Å². The van der Waals surface area contributed by atoms with Gasteiger partial charge in [-0.25, -0.2) is 9.97 Å². The Morgan fingerprint density at radius 2 is 0.722 bits per heavy atom. The van der Waals surface area contributed by atoms with Gasteiger partial charge in [-0.3, -0.25) is 39.5 Å². The van der Waals surface area contributed by atoms with E-state index in [4.69, 9.17) is 34.6 Å². The molecule has 3 N–H and O–H groups in total. The van der Waals surface area contributed by atoms with Crippen molar-refractivity contribution >= 4 is 130 Å². The standard InChI is InChI=1S/C45H28N2O.C19H11BrN2O.C13H9BrN2O5.C13H8BrNO3.C13H10BrNO/c1-3-13-30(14-4-1)41-34-17-7-9-19-36(34)42(37-20-10-8-18-35(37)41)31-27-25-29(26-28-31)33-21-11-23-39-44(33)48-40-24-12-22-38-43(40)47(39)45(46-38)32-15-5-2-6-16-32;20-13-8-4-10-15-18(13)23-16-11-5-9-14-17(16)22(15)19(21-14)12-6-2-1-3-7-12;14-10-4-1-3-8(13(10)17)7-9-11(15(18)19)5-2-6-12(9)16(20)21;14-10-4-1-3-8-7-9-11(15(16)17)5-2-6-12(9)18-13(8)10;14-10-4-1-3-8-7-9-11(15)5-2-6-12(9)16-13(8)10/h1-28H;1-11H;1-6,17H,7H2;1-6H,7H2;1-6H,7,15H2. The van der Waals surface area contributed by atoms with Crippen LogP contribution < -0.4 is 24.7 Å². The third-order valence-electron chi connectivity index (χ3n) is 22.4. The second kappa shape index (κ2) is 34.4. The number of aromatic hydroxyl groups is 1. The molecule has 2 aromatic heterocycles. The Labute approximate surface area is 753 Å². The number of nitrogens with zero attached hydrogens (tertiary/aromatic N) is 7. The number of halogens is 4. The highest BCUT2D eigenvalue weighted by atomic mass is 79.9. The molecule has 19 aromatic rings. The summed E-state index contributed by atoms with van der Waals surface area (Å²) >= 11 is 13.6. The number of nitro benzene ring substituents is 3. The maximum Gasteiger partial charge on any atom is 0.279 e. The van der Waals surface area contributed by atoms with Gasteiger partial charge in [0, 0.05) is 76.5 Å². The van der Waals surface area contributed by atoms with Crippen LogP contribution in [0.25, 0.3) is 111 Å². The molecule has 23 rings (SSSR count). The molecule has 6 heterocycles. The SMILES string of the molecule is Brc1cccc2c1Oc1cccc3nc(-c4ccccc4)n-2c13.Nc1cccc2c1Cc1cccc(Br)c1O2.O=[N+]([O-])c1cccc([N+](=O)[O-])c1Cc1cccc(Br)c1O.O=[N+]([O-])c1cccc2c1Cc1cccc(Br)c1O2.c1ccc(-c2c3ccccc3c(-c3ccc(-c4cccc5c4Oc4cccc6nc(-c7ccccc7)n-5c46)cc3)c3ccccc23)cc1. The number of anilines is 1. The Morgan fingerprint density at radius 1 is 0.349 bits per heavy atom. The quantitative estimate of drug-likeness (QED) is 0.0559. The van der Waals surface area contributed by atoms with E-state index in [0.717, 1.165) is 144 Å². The number of fused-ring (bicyclic) bond motifs is 10. The van der Waals surface area contributed by atoms with Crippen molar-refractivity contribution < 1.29 is 38.8 Å². The van der Waals surface area contributed by atoms with Crippen LogP contribution in [0.2, 0.25) is 0 Å². The molecule has 4 aliphatic heterocycles. The number of para-hydroxylation sites is 7. The highest BCUT2D eigenvalue weighted by molar-refractivity contribution is 9.11. The predicted octanol–water partition coefficient (Wildman–Crippen LogP) is 29.0. The number of benzene rings is 17. The van der Waals surface area contributed by atoms with Gasteiger partial charge in [-0.15, -0.1) is 0 Å². The summed E-state index contributed by atoms with van der Waals surface area (Å²) in [5.41, 5.74) is 25.4. The van der Waals surface area contributed by atoms with Gasteiger partial charge in [-0.1, -0.05) is 243 Å². The molecule has 0 aliphatic carbocycles. The topological polar surface area (TPSA) is 248 Å². The Morgan fingerprint density at radius 3 is 1.25 bits per heavy atom. The average Bonchev–Trinajstić information content (AvgIpc) is 1.62. The molecule has 0 saturated carbocycles. The van der Waals surface area contributed by atoms with Crippen molar-refractivity contribution in [1.82, 2.24) is 19.1 Å². The van der Waals surface area contributed by atoms with Crippen molar-refractivity contribution in [3.8, 4) is 119 Å². The summed E-state index contributed by atoms with van der Waals surface area (Å²) in [6.45, 7) is 0. The molecule has 612 valence electrons. The number of phenols is 1. The third-order valence-corrected chi connectivity index (χ3v) is 24.9. The van der Waals surface area contributed by atoms with E-state index in [2.05, 4.69) is 249 Å². The number of rotatable bonds is 10. The molecule has 0 bridgehead atoms. The number of ether oxygens (including phenoxy) is 4. The van der Waals surface area contributed by atoms with Crippen LogP contribution in [0.15, 0.2) is 364 Å². The maximum atomic E-state index is 11.0. The normalized spacial score (nSPS) is 11.8. The number of aromatic nitrogens is 4. The van der Waals surface area contributed by atoms with Crippen molar-refractivity contribution in [2.45, 2.75) is 19.3 Å². The lowest BCUT2D eigenvalue weighted by Gasteiger charge is -2.23. The van der Waals surface area contributed by atoms with Crippen molar-refractivity contribution in [3.63, 3.8) is 0 Å². The van der Waals surface area contributed by atoms with E-state index in [1.165, 1.54) is 73.6 Å². The van der Waals surface area contributed by atoms with Gasteiger partial charge in [-0.2, -0.15) is 0 Å². The van der Waals surface area contributed by atoms with Gasteiger partial charge in [0.15, 0.2) is 23.0 Å². The van der Waals surface area contributed by atoms with Gasteiger partial charge in [-0.05, 0) is 204 Å². The van der Waals surface area contributed by atoms with Gasteiger partial charge in [0.05, 0.1) is 60.6 Å². The summed E-state index contributed by atoms with van der Waals surface area (Å²) < 4.78 is 32.1. The fourth-order valence-electron chi connectivity index (χ4n) is 16.6. The Hall–Kier alpha value is -14.9. The van der Waals surface area contributed by atoms with Crippen molar-refractivity contribution in [3.05, 3.63) is 427 Å². The Bertz CT molecular complexity index is 7440. The summed E-state index contributed by atoms with van der Waals surface area (Å²) in [7, 11) is 0. The van der Waals surface area contributed by atoms with Crippen molar-refractivity contribution in [2.24, 2.45) is 0 Å². The molecular formula is C103H66Br4N8O11. The highest BCUT2D eigenvalue weighted by Gasteiger charge is 2.32. The molecule has 17 aromatic carbocycles. The molecule has 0 amide bonds. The molecule has 0 saturated heterocycles. The minimum absolute atomic E-state index is 0.0408. The highest BCUT2D eigenvalue weighted by Crippen LogP contribution is 2.52. The van der Waals surface area contributed by atoms with E-state index in [0.29, 0.717) is 27.8 Å². The molecule has 0 unspecified atom stereocenters. The van der Waals surface area contributed by atoms with E-state index < -0.39 is 9.85 Å². The van der Waals surface area contributed by atoms with E-state index in [9.17, 15) is 35.4 Å². The second-order valence-corrected chi connectivity index (χ2v) is 33.2. The number of imidazole rings is 2. The number of hydrogen-bond acceptors (Lipinski definition) is 14. The van der Waals surface area contributed by atoms with Crippen LogP contribution >= 0.6 is 63.7 Å². The fourth-order valence-corrected chi connectivity index (χ4v) is 18.5. The Balaban J connectivity index is 0.000000112. The molecule has 0 spiro atoms. The van der Waals surface area contributed by atoms with Crippen LogP contribution in [0.3, 0.4) is 0 Å². The third kappa shape index (κ3) is 15.3. The van der Waals surface area contributed by atoms with Crippen LogP contribution in [0.5, 0.6) is 51.7 Å². The first kappa shape index (κ1) is 80.8. The molecule has 19 nitrogen and oxygen atoms in total. The fraction of sp³-hybridized carbons (Fsp3) is 0.0291. The maximum absolute atomic E-state index is 11.0. The van der Waals surface area contributed by atoms with Gasteiger partial charge in [0.1, 0.15) is 57.0 Å². The number of phenolic OH excluding ortho intramolecular Hbond substituents is 1. The molecular weight excluding hydrogens is 1840 g/mol. The molecule has 0 radical (unpaired) electrons. The zero-order chi connectivity index (χ0) is 86.4. The van der Waals surface area contributed by atoms with Gasteiger partial charge in [0.25, 0.3) is 17.1 Å². The van der Waals surface area contributed by atoms with Crippen molar-refractivity contribution in [1.29, 1.82) is 0 Å². The van der Waals surface area contributed by atoms with E-state index in [-0.39, 0.29) is 39.7 Å². The lowest BCUT2D eigenvalue weighted by Crippen LogP contribution is -2.06. The van der Waals surface area contributed by atoms with Gasteiger partial charge < -0.3 is 29.8 Å². The first-order valence-corrected chi connectivity index (χ1v) is 43.1. The average molecular weight is 1910 g/mol. The van der Waals surface area contributed by atoms with E-state index in [1.807, 2.05) is 115 Å². The summed E-state index contributed by atoms with van der Waals surface area (Å²) in [4.78, 5) is 41.3. The second-order valence-electron chi connectivity index (χ2n) is 29.8. The van der Waals surface area contributed by atoms with Crippen LogP contribution in [-0.4, -0.2) is 39.0 Å². The summed E-state index contributed by atoms with van der Waals surface area (Å²) in [5.74, 6) is 8.11. The summed E-state index contributed by atoms with van der Waals surface area (Å²) in [6, 6.07) is 113. The monoisotopic (exact) mass is 1910 g/mol. The predicted molar refractivity (Wildman–Crippen MR) is 509 cm³/mol. The van der Waals surface area contributed by atoms with Crippen LogP contribution in [0.1, 0.15) is 33.4 Å². The summed E-state index contributed by atoms with van der Waals surface area (Å²) in [5, 5.41) is 48.0. The summed E-state index contributed by atoms with van der Waals surface area (Å²) in [6.07, 6.45) is 1.23.